The van der Waals surface area contributed by atoms with Crippen LogP contribution in [0.3, 0.4) is 0 Å². The summed E-state index contributed by atoms with van der Waals surface area (Å²) in [6.45, 7) is 1.92. The molecule has 0 unspecified atom stereocenters. The molecule has 0 radical (unpaired) electrons. The molecule has 4 aromatic rings. The van der Waals surface area contributed by atoms with Gasteiger partial charge in [0.05, 0.1) is 17.9 Å². The van der Waals surface area contributed by atoms with Crippen LogP contribution in [-0.2, 0) is 0 Å². The number of amides is 1. The van der Waals surface area contributed by atoms with E-state index < -0.39 is 0 Å². The number of carbonyl (C=O) groups excluding carboxylic acids is 1. The van der Waals surface area contributed by atoms with Crippen LogP contribution in [0.2, 0.25) is 0 Å². The minimum Gasteiger partial charge on any atom is -0.322 e. The van der Waals surface area contributed by atoms with Crippen molar-refractivity contribution in [3.63, 3.8) is 0 Å². The van der Waals surface area contributed by atoms with Gasteiger partial charge in [0.15, 0.2) is 11.0 Å². The van der Waals surface area contributed by atoms with Gasteiger partial charge in [-0.25, -0.2) is 4.98 Å². The van der Waals surface area contributed by atoms with E-state index in [4.69, 9.17) is 0 Å². The van der Waals surface area contributed by atoms with Crippen LogP contribution in [0, 0.1) is 6.92 Å². The molecule has 2 N–H and O–H groups in total. The summed E-state index contributed by atoms with van der Waals surface area (Å²) in [7, 11) is 0. The molecule has 0 atom stereocenters. The number of nitrogens with one attached hydrogen (secondary N) is 2. The second kappa shape index (κ2) is 8.46. The highest BCUT2D eigenvalue weighted by atomic mass is 32.2. The number of aromatic amines is 1. The lowest BCUT2D eigenvalue weighted by Gasteiger charge is -2.09. The van der Waals surface area contributed by atoms with Gasteiger partial charge in [-0.2, -0.15) is 8.75 Å². The Hall–Kier alpha value is -2.83. The van der Waals surface area contributed by atoms with E-state index in [9.17, 15) is 4.79 Å². The van der Waals surface area contributed by atoms with Crippen LogP contribution in [0.4, 0.5) is 5.82 Å². The first kappa shape index (κ1) is 18.5. The van der Waals surface area contributed by atoms with E-state index in [1.54, 1.807) is 6.20 Å². The number of hydrogen-bond acceptors (Lipinski definition) is 10. The van der Waals surface area contributed by atoms with Crippen molar-refractivity contribution in [1.82, 2.24) is 33.9 Å². The number of aromatic nitrogens is 7. The Balaban J connectivity index is 1.64. The van der Waals surface area contributed by atoms with Crippen LogP contribution < -0.4 is 5.32 Å². The topological polar surface area (TPSA) is 122 Å². The number of carbonyl (C=O) groups is 1. The van der Waals surface area contributed by atoms with E-state index in [1.807, 2.05) is 31.2 Å². The van der Waals surface area contributed by atoms with E-state index in [0.29, 0.717) is 20.9 Å². The summed E-state index contributed by atoms with van der Waals surface area (Å²) in [5, 5.41) is 11.6. The van der Waals surface area contributed by atoms with E-state index in [1.165, 1.54) is 36.0 Å². The van der Waals surface area contributed by atoms with Crippen molar-refractivity contribution < 1.29 is 4.79 Å². The Bertz CT molecular complexity index is 1070. The fraction of sp³-hybridized carbons (Fsp3) is 0.0625. The molecule has 0 saturated carbocycles. The predicted molar refractivity (Wildman–Crippen MR) is 106 cm³/mol. The van der Waals surface area contributed by atoms with Crippen LogP contribution in [-0.4, -0.2) is 39.8 Å². The average molecular weight is 429 g/mol. The van der Waals surface area contributed by atoms with E-state index in [0.717, 1.165) is 22.3 Å². The van der Waals surface area contributed by atoms with Crippen molar-refractivity contribution in [2.45, 2.75) is 26.9 Å². The number of pyridine rings is 2. The van der Waals surface area contributed by atoms with Crippen LogP contribution in [0.5, 0.6) is 0 Å². The number of anilines is 1. The van der Waals surface area contributed by atoms with Gasteiger partial charge in [-0.1, -0.05) is 11.8 Å². The number of rotatable bonds is 6. The molecule has 1 amide bonds. The third-order valence-electron chi connectivity index (χ3n) is 3.36. The molecular weight excluding hydrogens is 416 g/mol. The van der Waals surface area contributed by atoms with E-state index in [2.05, 4.69) is 39.2 Å². The molecule has 4 rings (SSSR count). The molecule has 0 bridgehead atoms. The lowest BCUT2D eigenvalue weighted by molar-refractivity contribution is 0.101. The normalized spacial score (nSPS) is 10.8. The summed E-state index contributed by atoms with van der Waals surface area (Å²) >= 11 is 3.72. The van der Waals surface area contributed by atoms with Gasteiger partial charge in [0.25, 0.3) is 5.91 Å². The van der Waals surface area contributed by atoms with Gasteiger partial charge in [-0.15, -0.1) is 10.2 Å². The SMILES string of the molecule is Cc1ccc(Sc2ccc(Sc3nnc[nH]3)nc2C(=O)Nc2cnsn2)cn1. The first-order chi connectivity index (χ1) is 13.7. The van der Waals surface area contributed by atoms with Gasteiger partial charge in [-0.3, -0.25) is 9.78 Å². The molecule has 0 aliphatic carbocycles. The van der Waals surface area contributed by atoms with Crippen molar-refractivity contribution in [3.8, 4) is 0 Å². The highest BCUT2D eigenvalue weighted by Gasteiger charge is 2.18. The van der Waals surface area contributed by atoms with Crippen molar-refractivity contribution >= 4 is 47.0 Å². The molecule has 0 spiro atoms. The summed E-state index contributed by atoms with van der Waals surface area (Å²) in [4.78, 5) is 26.1. The highest BCUT2D eigenvalue weighted by molar-refractivity contribution is 7.99. The Kier molecular flexibility index (Phi) is 5.60. The average Bonchev–Trinajstić information content (AvgIpc) is 3.39. The minimum atomic E-state index is -0.365. The van der Waals surface area contributed by atoms with Gasteiger partial charge < -0.3 is 10.3 Å². The maximum absolute atomic E-state index is 12.8. The fourth-order valence-corrected chi connectivity index (χ4v) is 4.02. The smallest absolute Gasteiger partial charge is 0.276 e. The number of aryl methyl sites for hydroxylation is 1. The quantitative estimate of drug-likeness (QED) is 0.476. The highest BCUT2D eigenvalue weighted by Crippen LogP contribution is 2.32. The molecule has 4 heterocycles. The Labute approximate surface area is 172 Å². The van der Waals surface area contributed by atoms with Crippen molar-refractivity contribution in [1.29, 1.82) is 0 Å². The first-order valence-corrected chi connectivity index (χ1v) is 10.3. The zero-order valence-electron chi connectivity index (χ0n) is 14.4. The first-order valence-electron chi connectivity index (χ1n) is 7.92. The second-order valence-electron chi connectivity index (χ2n) is 5.38. The van der Waals surface area contributed by atoms with Crippen LogP contribution in [0.25, 0.3) is 0 Å². The van der Waals surface area contributed by atoms with E-state index in [-0.39, 0.29) is 11.6 Å². The summed E-state index contributed by atoms with van der Waals surface area (Å²) < 4.78 is 7.91. The molecular formula is C16H12N8OS3. The fourth-order valence-electron chi connectivity index (χ4n) is 2.11. The predicted octanol–water partition coefficient (Wildman–Crippen LogP) is 3.31. The lowest BCUT2D eigenvalue weighted by atomic mass is 10.3. The summed E-state index contributed by atoms with van der Waals surface area (Å²) in [5.41, 5.74) is 1.21. The van der Waals surface area contributed by atoms with Crippen molar-refractivity contribution in [2.75, 3.05) is 5.32 Å². The lowest BCUT2D eigenvalue weighted by Crippen LogP contribution is -2.15. The molecule has 4 aromatic heterocycles. The summed E-state index contributed by atoms with van der Waals surface area (Å²) in [6, 6.07) is 7.56. The molecule has 9 nitrogen and oxygen atoms in total. The number of H-pyrrole nitrogens is 1. The van der Waals surface area contributed by atoms with Gasteiger partial charge in [-0.05, 0) is 43.0 Å². The number of nitrogens with zero attached hydrogens (tertiary/aromatic N) is 6. The molecule has 28 heavy (non-hydrogen) atoms. The minimum absolute atomic E-state index is 0.281. The molecule has 0 fully saturated rings. The Morgan fingerprint density at radius 3 is 2.82 bits per heavy atom. The van der Waals surface area contributed by atoms with Crippen LogP contribution >= 0.6 is 35.3 Å². The number of hydrogen-bond donors (Lipinski definition) is 2. The zero-order chi connectivity index (χ0) is 19.3. The molecule has 0 saturated heterocycles. The van der Waals surface area contributed by atoms with Crippen molar-refractivity contribution in [2.24, 2.45) is 0 Å². The third kappa shape index (κ3) is 4.52. The molecule has 12 heteroatoms. The molecule has 0 aromatic carbocycles. The second-order valence-corrected chi connectivity index (χ2v) is 8.06. The van der Waals surface area contributed by atoms with Crippen molar-refractivity contribution in [3.05, 3.63) is 54.4 Å². The van der Waals surface area contributed by atoms with Gasteiger partial charge >= 0.3 is 0 Å². The van der Waals surface area contributed by atoms with E-state index >= 15 is 0 Å². The largest absolute Gasteiger partial charge is 0.322 e. The van der Waals surface area contributed by atoms with Gasteiger partial charge in [0.1, 0.15) is 17.0 Å². The summed E-state index contributed by atoms with van der Waals surface area (Å²) in [6.07, 6.45) is 4.75. The van der Waals surface area contributed by atoms with Gasteiger partial charge in [0.2, 0.25) is 0 Å². The Morgan fingerprint density at radius 2 is 2.11 bits per heavy atom. The third-order valence-corrected chi connectivity index (χ3v) is 5.69. The van der Waals surface area contributed by atoms with Crippen LogP contribution in [0.15, 0.2) is 63.0 Å². The molecule has 140 valence electrons. The maximum atomic E-state index is 12.8. The monoisotopic (exact) mass is 428 g/mol. The standard InChI is InChI=1S/C16H12N8OS3/c1-9-2-3-10(6-17-9)26-11-4-5-13(27-16-18-8-19-23-16)22-14(11)15(25)21-12-7-20-28-24-12/h2-8H,1H3,(H,18,19,23)(H,21,24,25). The van der Waals surface area contributed by atoms with Gasteiger partial charge in [0, 0.05) is 21.7 Å². The summed E-state index contributed by atoms with van der Waals surface area (Å²) in [5.74, 6) is 0.0216. The maximum Gasteiger partial charge on any atom is 0.276 e. The molecule has 0 aliphatic rings. The molecule has 0 aliphatic heterocycles. The Morgan fingerprint density at radius 1 is 1.18 bits per heavy atom. The van der Waals surface area contributed by atoms with Crippen LogP contribution in [0.1, 0.15) is 16.2 Å². The zero-order valence-corrected chi connectivity index (χ0v) is 16.8.